The first-order chi connectivity index (χ1) is 15.2. The highest BCUT2D eigenvalue weighted by atomic mass is 15.3. The minimum absolute atomic E-state index is 0.00520. The van der Waals surface area contributed by atoms with E-state index in [2.05, 4.69) is 120 Å². The molecular weight excluding hydrogens is 378 g/mol. The van der Waals surface area contributed by atoms with E-state index < -0.39 is 0 Å². The van der Waals surface area contributed by atoms with Crippen molar-refractivity contribution in [3.8, 4) is 0 Å². The van der Waals surface area contributed by atoms with Gasteiger partial charge >= 0.3 is 0 Å². The summed E-state index contributed by atoms with van der Waals surface area (Å²) in [5, 5.41) is 7.31. The molecule has 3 aromatic rings. The summed E-state index contributed by atoms with van der Waals surface area (Å²) in [6, 6.07) is 27.9. The molecule has 5 rings (SSSR count). The van der Waals surface area contributed by atoms with Crippen molar-refractivity contribution in [3.05, 3.63) is 120 Å². The molecule has 154 valence electrons. The molecule has 0 amide bonds. The van der Waals surface area contributed by atoms with E-state index in [4.69, 9.17) is 0 Å². The van der Waals surface area contributed by atoms with Gasteiger partial charge in [0.15, 0.2) is 0 Å². The van der Waals surface area contributed by atoms with Crippen molar-refractivity contribution in [1.29, 1.82) is 0 Å². The summed E-state index contributed by atoms with van der Waals surface area (Å²) in [4.78, 5) is 2.35. The average Bonchev–Trinajstić information content (AvgIpc) is 3.38. The third kappa shape index (κ3) is 3.75. The molecule has 0 aliphatic carbocycles. The fraction of sp³-hybridized carbons (Fsp3) is 0.143. The van der Waals surface area contributed by atoms with E-state index in [0.29, 0.717) is 6.04 Å². The van der Waals surface area contributed by atoms with Crippen LogP contribution in [-0.2, 0) is 6.42 Å². The van der Waals surface area contributed by atoms with Crippen molar-refractivity contribution in [2.45, 2.75) is 25.6 Å². The normalized spacial score (nSPS) is 20.0. The maximum atomic E-state index is 4.14. The van der Waals surface area contributed by atoms with Crippen LogP contribution in [0.3, 0.4) is 0 Å². The Morgan fingerprint density at radius 2 is 1.61 bits per heavy atom. The van der Waals surface area contributed by atoms with Gasteiger partial charge in [-0.1, -0.05) is 78.9 Å². The second kappa shape index (κ2) is 8.19. The van der Waals surface area contributed by atoms with Crippen LogP contribution < -0.4 is 15.5 Å². The molecule has 0 saturated heterocycles. The zero-order valence-corrected chi connectivity index (χ0v) is 17.8. The van der Waals surface area contributed by atoms with E-state index in [9.17, 15) is 0 Å². The largest absolute Gasteiger partial charge is 0.378 e. The van der Waals surface area contributed by atoms with Gasteiger partial charge in [0.25, 0.3) is 0 Å². The van der Waals surface area contributed by atoms with Crippen LogP contribution in [0.5, 0.6) is 0 Å². The van der Waals surface area contributed by atoms with Crippen LogP contribution in [0.4, 0.5) is 22.7 Å². The molecule has 31 heavy (non-hydrogen) atoms. The van der Waals surface area contributed by atoms with Gasteiger partial charge in [-0.3, -0.25) is 0 Å². The zero-order valence-electron chi connectivity index (χ0n) is 17.8. The lowest BCUT2D eigenvalue weighted by atomic mass is 10.0. The molecule has 2 heterocycles. The molecular formula is C28H27N3. The molecule has 2 unspecified atom stereocenters. The highest BCUT2D eigenvalue weighted by Gasteiger charge is 2.31. The Morgan fingerprint density at radius 1 is 0.903 bits per heavy atom. The smallest absolute Gasteiger partial charge is 0.130 e. The summed E-state index contributed by atoms with van der Waals surface area (Å²) >= 11 is 0. The van der Waals surface area contributed by atoms with E-state index in [0.717, 1.165) is 23.4 Å². The summed E-state index contributed by atoms with van der Waals surface area (Å²) < 4.78 is 0. The van der Waals surface area contributed by atoms with Crippen LogP contribution in [0.2, 0.25) is 0 Å². The summed E-state index contributed by atoms with van der Waals surface area (Å²) in [7, 11) is 0. The molecule has 0 bridgehead atoms. The van der Waals surface area contributed by atoms with E-state index in [1.165, 1.54) is 22.5 Å². The Hall–Kier alpha value is -3.72. The molecule has 2 atom stereocenters. The molecule has 0 saturated carbocycles. The molecule has 3 aromatic carbocycles. The maximum Gasteiger partial charge on any atom is 0.130 e. The van der Waals surface area contributed by atoms with Crippen LogP contribution in [-0.4, -0.2) is 12.2 Å². The van der Waals surface area contributed by atoms with Gasteiger partial charge in [0.1, 0.15) is 6.17 Å². The lowest BCUT2D eigenvalue weighted by molar-refractivity contribution is 0.885. The number of para-hydroxylation sites is 4. The number of hydrogen-bond donors (Lipinski definition) is 2. The zero-order chi connectivity index (χ0) is 21.2. The topological polar surface area (TPSA) is 27.3 Å². The maximum absolute atomic E-state index is 4.14. The monoisotopic (exact) mass is 405 g/mol. The average molecular weight is 406 g/mol. The molecule has 0 fully saturated rings. The summed E-state index contributed by atoms with van der Waals surface area (Å²) in [5.41, 5.74) is 8.47. The van der Waals surface area contributed by atoms with Gasteiger partial charge in [0.05, 0.1) is 11.4 Å². The van der Waals surface area contributed by atoms with Crippen molar-refractivity contribution in [2.75, 3.05) is 15.5 Å². The Balaban J connectivity index is 1.44. The van der Waals surface area contributed by atoms with Crippen LogP contribution in [0.1, 0.15) is 12.5 Å². The molecule has 2 aliphatic rings. The van der Waals surface area contributed by atoms with E-state index in [-0.39, 0.29) is 6.17 Å². The summed E-state index contributed by atoms with van der Waals surface area (Å²) in [6.07, 6.45) is 7.55. The van der Waals surface area contributed by atoms with Crippen molar-refractivity contribution >= 4 is 22.7 Å². The SMILES string of the molecule is C=C/C(=C\C(C)=CC1Cc2ccccc2N1)C1Nc2ccccc2N1c1ccccc1. The van der Waals surface area contributed by atoms with Gasteiger partial charge < -0.3 is 15.5 Å². The molecule has 2 aliphatic heterocycles. The van der Waals surface area contributed by atoms with Crippen molar-refractivity contribution < 1.29 is 0 Å². The van der Waals surface area contributed by atoms with Gasteiger partial charge in [0.2, 0.25) is 0 Å². The number of nitrogens with one attached hydrogen (secondary N) is 2. The quantitative estimate of drug-likeness (QED) is 0.464. The van der Waals surface area contributed by atoms with Gasteiger partial charge in [0, 0.05) is 17.4 Å². The molecule has 0 aromatic heterocycles. The minimum Gasteiger partial charge on any atom is -0.378 e. The van der Waals surface area contributed by atoms with Crippen LogP contribution in [0.15, 0.2) is 115 Å². The Kier molecular flexibility index (Phi) is 5.09. The second-order valence-electron chi connectivity index (χ2n) is 8.14. The first-order valence-electron chi connectivity index (χ1n) is 10.8. The minimum atomic E-state index is -0.00520. The third-order valence-electron chi connectivity index (χ3n) is 5.96. The van der Waals surface area contributed by atoms with Crippen molar-refractivity contribution in [2.24, 2.45) is 0 Å². The fourth-order valence-corrected chi connectivity index (χ4v) is 4.57. The number of benzene rings is 3. The van der Waals surface area contributed by atoms with E-state index >= 15 is 0 Å². The first-order valence-corrected chi connectivity index (χ1v) is 10.8. The first kappa shape index (κ1) is 19.3. The number of allylic oxidation sites excluding steroid dienone is 2. The molecule has 0 radical (unpaired) electrons. The Bertz CT molecular complexity index is 1130. The fourth-order valence-electron chi connectivity index (χ4n) is 4.57. The summed E-state index contributed by atoms with van der Waals surface area (Å²) in [5.74, 6) is 0. The second-order valence-corrected chi connectivity index (χ2v) is 8.14. The van der Waals surface area contributed by atoms with E-state index in [1.54, 1.807) is 0 Å². The number of hydrogen-bond acceptors (Lipinski definition) is 3. The summed E-state index contributed by atoms with van der Waals surface area (Å²) in [6.45, 7) is 6.31. The molecule has 3 heteroatoms. The van der Waals surface area contributed by atoms with Crippen molar-refractivity contribution in [1.82, 2.24) is 0 Å². The van der Waals surface area contributed by atoms with Crippen LogP contribution >= 0.6 is 0 Å². The Labute approximate surface area is 184 Å². The lowest BCUT2D eigenvalue weighted by Crippen LogP contribution is -2.33. The van der Waals surface area contributed by atoms with Gasteiger partial charge in [-0.25, -0.2) is 0 Å². The number of rotatable bonds is 5. The molecule has 3 nitrogen and oxygen atoms in total. The highest BCUT2D eigenvalue weighted by Crippen LogP contribution is 2.42. The standard InChI is InChI=1S/C28H27N3/c1-3-21(17-20(2)18-23-19-22-11-7-8-14-25(22)29-23)28-30-26-15-9-10-16-27(26)31(28)24-12-5-4-6-13-24/h3-18,23,28-30H,1,19H2,2H3/b20-18?,21-17+. The number of anilines is 4. The molecule has 2 N–H and O–H groups in total. The van der Waals surface area contributed by atoms with E-state index in [1.807, 2.05) is 6.08 Å². The third-order valence-corrected chi connectivity index (χ3v) is 5.96. The number of fused-ring (bicyclic) bond motifs is 2. The van der Waals surface area contributed by atoms with Crippen molar-refractivity contribution in [3.63, 3.8) is 0 Å². The highest BCUT2D eigenvalue weighted by molar-refractivity contribution is 5.84. The van der Waals surface area contributed by atoms with Gasteiger partial charge in [-0.05, 0) is 54.8 Å². The lowest BCUT2D eigenvalue weighted by Gasteiger charge is -2.28. The van der Waals surface area contributed by atoms with Gasteiger partial charge in [-0.2, -0.15) is 0 Å². The predicted octanol–water partition coefficient (Wildman–Crippen LogP) is 6.67. The van der Waals surface area contributed by atoms with Gasteiger partial charge in [-0.15, -0.1) is 0 Å². The van der Waals surface area contributed by atoms with Crippen LogP contribution in [0, 0.1) is 0 Å². The number of nitrogens with zero attached hydrogens (tertiary/aromatic N) is 1. The Morgan fingerprint density at radius 3 is 2.39 bits per heavy atom. The van der Waals surface area contributed by atoms with Crippen LogP contribution in [0.25, 0.3) is 0 Å². The predicted molar refractivity (Wildman–Crippen MR) is 132 cm³/mol. The molecule has 0 spiro atoms.